The molecular weight excluding hydrogens is 450 g/mol. The fourth-order valence-corrected chi connectivity index (χ4v) is 5.26. The van der Waals surface area contributed by atoms with Crippen molar-refractivity contribution in [1.29, 1.82) is 0 Å². The number of nitrogens with zero attached hydrogens (tertiary/aromatic N) is 1. The van der Waals surface area contributed by atoms with Crippen LogP contribution in [0.1, 0.15) is 45.7 Å². The van der Waals surface area contributed by atoms with Crippen molar-refractivity contribution in [3.63, 3.8) is 0 Å². The van der Waals surface area contributed by atoms with E-state index in [2.05, 4.69) is 10.6 Å². The summed E-state index contributed by atoms with van der Waals surface area (Å²) in [5, 5.41) is 5.64. The molecule has 0 aliphatic rings. The van der Waals surface area contributed by atoms with Gasteiger partial charge in [-0.15, -0.1) is 0 Å². The molecule has 0 radical (unpaired) electrons. The molecule has 0 saturated heterocycles. The summed E-state index contributed by atoms with van der Waals surface area (Å²) in [4.78, 5) is 25.4. The number of benzene rings is 3. The van der Waals surface area contributed by atoms with E-state index >= 15 is 0 Å². The van der Waals surface area contributed by atoms with Crippen LogP contribution in [-0.4, -0.2) is 37.6 Å². The maximum atomic E-state index is 13.0. The number of rotatable bonds is 9. The van der Waals surface area contributed by atoms with Gasteiger partial charge < -0.3 is 10.6 Å². The summed E-state index contributed by atoms with van der Waals surface area (Å²) in [7, 11) is -3.69. The van der Waals surface area contributed by atoms with Crippen LogP contribution in [0.3, 0.4) is 0 Å². The first-order valence-electron chi connectivity index (χ1n) is 11.1. The molecule has 7 nitrogen and oxygen atoms in total. The first-order chi connectivity index (χ1) is 16.3. The van der Waals surface area contributed by atoms with Crippen molar-refractivity contribution in [1.82, 2.24) is 9.62 Å². The predicted octanol–water partition coefficient (Wildman–Crippen LogP) is 4.21. The number of para-hydroxylation sites is 1. The second kappa shape index (κ2) is 11.1. The average Bonchev–Trinajstić information content (AvgIpc) is 2.84. The Morgan fingerprint density at radius 3 is 2.18 bits per heavy atom. The van der Waals surface area contributed by atoms with Crippen molar-refractivity contribution in [3.05, 3.63) is 95.1 Å². The van der Waals surface area contributed by atoms with Gasteiger partial charge in [-0.3, -0.25) is 9.59 Å². The van der Waals surface area contributed by atoms with E-state index in [-0.39, 0.29) is 22.9 Å². The number of anilines is 1. The maximum absolute atomic E-state index is 13.0. The van der Waals surface area contributed by atoms with Crippen LogP contribution in [0.4, 0.5) is 5.69 Å². The maximum Gasteiger partial charge on any atom is 0.255 e. The Bertz CT molecular complexity index is 1270. The molecule has 0 spiro atoms. The lowest BCUT2D eigenvalue weighted by Gasteiger charge is -2.20. The van der Waals surface area contributed by atoms with Crippen molar-refractivity contribution < 1.29 is 18.0 Å². The lowest BCUT2D eigenvalue weighted by atomic mass is 10.1. The molecule has 0 aliphatic carbocycles. The molecule has 2 N–H and O–H groups in total. The highest BCUT2D eigenvalue weighted by molar-refractivity contribution is 7.89. The van der Waals surface area contributed by atoms with Crippen molar-refractivity contribution in [2.24, 2.45) is 0 Å². The van der Waals surface area contributed by atoms with E-state index in [1.54, 1.807) is 63.2 Å². The van der Waals surface area contributed by atoms with Crippen LogP contribution in [0.15, 0.2) is 77.7 Å². The second-order valence-corrected chi connectivity index (χ2v) is 9.68. The van der Waals surface area contributed by atoms with Gasteiger partial charge in [0.2, 0.25) is 10.0 Å². The Hall–Kier alpha value is -3.49. The highest BCUT2D eigenvalue weighted by Gasteiger charge is 2.24. The Kier molecular flexibility index (Phi) is 8.20. The summed E-state index contributed by atoms with van der Waals surface area (Å²) < 4.78 is 27.3. The fraction of sp³-hybridized carbons (Fsp3) is 0.231. The van der Waals surface area contributed by atoms with E-state index in [1.807, 2.05) is 24.3 Å². The fourth-order valence-electron chi connectivity index (χ4n) is 3.55. The Morgan fingerprint density at radius 1 is 0.824 bits per heavy atom. The first kappa shape index (κ1) is 25.1. The van der Waals surface area contributed by atoms with Gasteiger partial charge >= 0.3 is 0 Å². The summed E-state index contributed by atoms with van der Waals surface area (Å²) in [5.41, 5.74) is 2.76. The highest BCUT2D eigenvalue weighted by atomic mass is 32.2. The van der Waals surface area contributed by atoms with Crippen LogP contribution in [0.5, 0.6) is 0 Å². The lowest BCUT2D eigenvalue weighted by Crippen LogP contribution is -2.31. The smallest absolute Gasteiger partial charge is 0.255 e. The Morgan fingerprint density at radius 2 is 1.50 bits per heavy atom. The molecule has 8 heteroatoms. The van der Waals surface area contributed by atoms with E-state index in [0.717, 1.165) is 5.56 Å². The van der Waals surface area contributed by atoms with Crippen molar-refractivity contribution in [2.75, 3.05) is 18.4 Å². The topological polar surface area (TPSA) is 95.6 Å². The number of carbonyl (C=O) groups excluding carboxylic acids is 2. The molecule has 2 amide bonds. The zero-order valence-electron chi connectivity index (χ0n) is 19.5. The van der Waals surface area contributed by atoms with Crippen LogP contribution >= 0.6 is 0 Å². The van der Waals surface area contributed by atoms with Gasteiger partial charge in [0.15, 0.2) is 0 Å². The summed E-state index contributed by atoms with van der Waals surface area (Å²) >= 11 is 0. The summed E-state index contributed by atoms with van der Waals surface area (Å²) in [6, 6.07) is 20.8. The standard InChI is InChI=1S/C26H29N3O4S/c1-4-29(5-2)34(32,33)24-17-22(15-14-19(24)3)25(30)27-18-20-10-9-11-21(16-20)26(31)28-23-12-7-6-8-13-23/h6-17H,4-5,18H2,1-3H3,(H,27,30)(H,28,31). The van der Waals surface area contributed by atoms with Crippen LogP contribution in [-0.2, 0) is 16.6 Å². The van der Waals surface area contributed by atoms with E-state index in [0.29, 0.717) is 29.9 Å². The van der Waals surface area contributed by atoms with Gasteiger partial charge in [-0.25, -0.2) is 8.42 Å². The third-order valence-corrected chi connectivity index (χ3v) is 7.64. The van der Waals surface area contributed by atoms with E-state index in [9.17, 15) is 18.0 Å². The third kappa shape index (κ3) is 5.89. The number of hydrogen-bond acceptors (Lipinski definition) is 4. The zero-order chi connectivity index (χ0) is 24.7. The number of sulfonamides is 1. The SMILES string of the molecule is CCN(CC)S(=O)(=O)c1cc(C(=O)NCc2cccc(C(=O)Nc3ccccc3)c2)ccc1C. The minimum Gasteiger partial charge on any atom is -0.348 e. The van der Waals surface area contributed by atoms with E-state index in [1.165, 1.54) is 10.4 Å². The number of nitrogens with one attached hydrogen (secondary N) is 2. The summed E-state index contributed by atoms with van der Waals surface area (Å²) in [6.07, 6.45) is 0. The largest absolute Gasteiger partial charge is 0.348 e. The minimum absolute atomic E-state index is 0.128. The number of aryl methyl sites for hydroxylation is 1. The Balaban J connectivity index is 1.72. The average molecular weight is 480 g/mol. The molecule has 0 aliphatic heterocycles. The first-order valence-corrected chi connectivity index (χ1v) is 12.5. The number of carbonyl (C=O) groups is 2. The summed E-state index contributed by atoms with van der Waals surface area (Å²) in [5.74, 6) is -0.640. The van der Waals surface area contributed by atoms with Gasteiger partial charge in [0.25, 0.3) is 11.8 Å². The molecule has 0 saturated carbocycles. The molecule has 0 bridgehead atoms. The summed E-state index contributed by atoms with van der Waals surface area (Å²) in [6.45, 7) is 6.16. The molecule has 34 heavy (non-hydrogen) atoms. The molecule has 3 rings (SSSR count). The number of amides is 2. The van der Waals surface area contributed by atoms with Gasteiger partial charge in [-0.2, -0.15) is 4.31 Å². The quantitative estimate of drug-likeness (QED) is 0.481. The molecule has 3 aromatic rings. The molecule has 0 heterocycles. The minimum atomic E-state index is -3.69. The van der Waals surface area contributed by atoms with Crippen LogP contribution in [0.2, 0.25) is 0 Å². The molecule has 178 valence electrons. The Labute approximate surface area is 200 Å². The van der Waals surface area contributed by atoms with Gasteiger partial charge in [0.05, 0.1) is 4.90 Å². The third-order valence-electron chi connectivity index (χ3n) is 5.45. The highest BCUT2D eigenvalue weighted by Crippen LogP contribution is 2.21. The van der Waals surface area contributed by atoms with Gasteiger partial charge in [0, 0.05) is 36.4 Å². The van der Waals surface area contributed by atoms with Crippen LogP contribution < -0.4 is 10.6 Å². The molecule has 3 aromatic carbocycles. The monoisotopic (exact) mass is 479 g/mol. The van der Waals surface area contributed by atoms with Crippen LogP contribution in [0.25, 0.3) is 0 Å². The zero-order valence-corrected chi connectivity index (χ0v) is 20.4. The molecule has 0 atom stereocenters. The normalized spacial score (nSPS) is 11.3. The predicted molar refractivity (Wildman–Crippen MR) is 133 cm³/mol. The number of hydrogen-bond donors (Lipinski definition) is 2. The van der Waals surface area contributed by atoms with Crippen molar-refractivity contribution in [2.45, 2.75) is 32.2 Å². The molecule has 0 unspecified atom stereocenters. The second-order valence-electron chi connectivity index (χ2n) is 7.77. The molecule has 0 aromatic heterocycles. The van der Waals surface area contributed by atoms with Crippen molar-refractivity contribution in [3.8, 4) is 0 Å². The van der Waals surface area contributed by atoms with E-state index < -0.39 is 15.9 Å². The van der Waals surface area contributed by atoms with Crippen LogP contribution in [0, 0.1) is 6.92 Å². The molecule has 0 fully saturated rings. The van der Waals surface area contributed by atoms with Gasteiger partial charge in [-0.1, -0.05) is 50.2 Å². The van der Waals surface area contributed by atoms with E-state index in [4.69, 9.17) is 0 Å². The van der Waals surface area contributed by atoms with Gasteiger partial charge in [0.1, 0.15) is 0 Å². The molecular formula is C26H29N3O4S. The van der Waals surface area contributed by atoms with Gasteiger partial charge in [-0.05, 0) is 54.4 Å². The van der Waals surface area contributed by atoms with Crippen molar-refractivity contribution >= 4 is 27.5 Å². The lowest BCUT2D eigenvalue weighted by molar-refractivity contribution is 0.0950.